The molecule has 3 heteroatoms. The molecule has 1 unspecified atom stereocenters. The number of hydrogen-bond acceptors (Lipinski definition) is 2. The third-order valence-electron chi connectivity index (χ3n) is 2.97. The average molecular weight is 249 g/mol. The normalized spacial score (nSPS) is 12.7. The van der Waals surface area contributed by atoms with E-state index in [0.29, 0.717) is 5.56 Å². The highest BCUT2D eigenvalue weighted by molar-refractivity contribution is 7.10. The summed E-state index contributed by atoms with van der Waals surface area (Å²) in [5.41, 5.74) is 3.07. The van der Waals surface area contributed by atoms with Crippen molar-refractivity contribution in [1.82, 2.24) is 5.32 Å². The minimum atomic E-state index is -0.147. The molecule has 1 N–H and O–H groups in total. The van der Waals surface area contributed by atoms with Gasteiger partial charge in [-0.3, -0.25) is 0 Å². The molecular formula is C14H16FNS. The SMILES string of the molecule is CNC(c1ccc(F)c(C)c1)c1sccc1C. The molecule has 1 aromatic carbocycles. The van der Waals surface area contributed by atoms with Crippen LogP contribution in [0.15, 0.2) is 29.6 Å². The van der Waals surface area contributed by atoms with Gasteiger partial charge in [0.25, 0.3) is 0 Å². The average Bonchev–Trinajstić information content (AvgIpc) is 2.71. The first kappa shape index (κ1) is 12.3. The van der Waals surface area contributed by atoms with E-state index in [2.05, 4.69) is 23.7 Å². The first-order valence-corrected chi connectivity index (χ1v) is 6.48. The van der Waals surface area contributed by atoms with Gasteiger partial charge in [0.05, 0.1) is 6.04 Å². The van der Waals surface area contributed by atoms with Gasteiger partial charge in [-0.15, -0.1) is 11.3 Å². The summed E-state index contributed by atoms with van der Waals surface area (Å²) in [7, 11) is 1.93. The molecule has 90 valence electrons. The zero-order valence-corrected chi connectivity index (χ0v) is 11.1. The van der Waals surface area contributed by atoms with E-state index in [-0.39, 0.29) is 11.9 Å². The number of halogens is 1. The molecule has 17 heavy (non-hydrogen) atoms. The molecule has 0 saturated heterocycles. The van der Waals surface area contributed by atoms with Crippen molar-refractivity contribution >= 4 is 11.3 Å². The van der Waals surface area contributed by atoms with Crippen LogP contribution in [-0.4, -0.2) is 7.05 Å². The Labute approximate surface area is 105 Å². The van der Waals surface area contributed by atoms with Crippen LogP contribution >= 0.6 is 11.3 Å². The van der Waals surface area contributed by atoms with Crippen molar-refractivity contribution in [1.29, 1.82) is 0 Å². The van der Waals surface area contributed by atoms with Gasteiger partial charge >= 0.3 is 0 Å². The highest BCUT2D eigenvalue weighted by Crippen LogP contribution is 2.29. The molecule has 0 fully saturated rings. The molecule has 0 bridgehead atoms. The second kappa shape index (κ2) is 4.98. The maximum atomic E-state index is 13.3. The van der Waals surface area contributed by atoms with Gasteiger partial charge in [0.15, 0.2) is 0 Å². The van der Waals surface area contributed by atoms with Crippen LogP contribution in [0, 0.1) is 19.7 Å². The van der Waals surface area contributed by atoms with Crippen molar-refractivity contribution in [3.8, 4) is 0 Å². The van der Waals surface area contributed by atoms with Gasteiger partial charge in [0.1, 0.15) is 5.82 Å². The van der Waals surface area contributed by atoms with Crippen molar-refractivity contribution in [3.63, 3.8) is 0 Å². The fourth-order valence-corrected chi connectivity index (χ4v) is 3.04. The van der Waals surface area contributed by atoms with Gasteiger partial charge in [0, 0.05) is 4.88 Å². The van der Waals surface area contributed by atoms with Crippen molar-refractivity contribution in [2.75, 3.05) is 7.05 Å². The zero-order valence-electron chi connectivity index (χ0n) is 10.3. The summed E-state index contributed by atoms with van der Waals surface area (Å²) < 4.78 is 13.3. The van der Waals surface area contributed by atoms with Crippen molar-refractivity contribution in [2.45, 2.75) is 19.9 Å². The number of aryl methyl sites for hydroxylation is 2. The van der Waals surface area contributed by atoms with Crippen LogP contribution in [0.4, 0.5) is 4.39 Å². The molecule has 0 aliphatic rings. The maximum Gasteiger partial charge on any atom is 0.126 e. The van der Waals surface area contributed by atoms with Crippen molar-refractivity contribution in [2.24, 2.45) is 0 Å². The second-order valence-corrected chi connectivity index (χ2v) is 5.15. The fourth-order valence-electron chi connectivity index (χ4n) is 1.98. The molecule has 1 nitrogen and oxygen atoms in total. The third kappa shape index (κ3) is 2.40. The summed E-state index contributed by atoms with van der Waals surface area (Å²) in [5.74, 6) is -0.147. The predicted octanol–water partition coefficient (Wildman–Crippen LogP) is 3.81. The summed E-state index contributed by atoms with van der Waals surface area (Å²) >= 11 is 1.73. The van der Waals surface area contributed by atoms with E-state index in [9.17, 15) is 4.39 Å². The van der Waals surface area contributed by atoms with Crippen LogP contribution in [0.1, 0.15) is 27.6 Å². The van der Waals surface area contributed by atoms with Gasteiger partial charge in [-0.1, -0.05) is 12.1 Å². The highest BCUT2D eigenvalue weighted by Gasteiger charge is 2.16. The van der Waals surface area contributed by atoms with E-state index < -0.39 is 0 Å². The van der Waals surface area contributed by atoms with Crippen LogP contribution in [0.3, 0.4) is 0 Å². The van der Waals surface area contributed by atoms with E-state index in [0.717, 1.165) is 5.56 Å². The Morgan fingerprint density at radius 2 is 1.94 bits per heavy atom. The van der Waals surface area contributed by atoms with Crippen molar-refractivity contribution in [3.05, 3.63) is 57.0 Å². The summed E-state index contributed by atoms with van der Waals surface area (Å²) in [6, 6.07) is 7.56. The quantitative estimate of drug-likeness (QED) is 0.872. The lowest BCUT2D eigenvalue weighted by atomic mass is 10.0. The Morgan fingerprint density at radius 3 is 2.47 bits per heavy atom. The molecule has 2 aromatic rings. The summed E-state index contributed by atoms with van der Waals surface area (Å²) in [4.78, 5) is 1.29. The third-order valence-corrected chi connectivity index (χ3v) is 4.05. The first-order valence-electron chi connectivity index (χ1n) is 5.60. The Morgan fingerprint density at radius 1 is 1.18 bits per heavy atom. The number of benzene rings is 1. The minimum absolute atomic E-state index is 0.147. The number of nitrogens with one attached hydrogen (secondary N) is 1. The van der Waals surface area contributed by atoms with E-state index in [1.807, 2.05) is 19.2 Å². The van der Waals surface area contributed by atoms with E-state index in [1.54, 1.807) is 18.3 Å². The molecule has 0 saturated carbocycles. The summed E-state index contributed by atoms with van der Waals surface area (Å²) in [6.07, 6.45) is 0. The first-order chi connectivity index (χ1) is 8.13. The highest BCUT2D eigenvalue weighted by atomic mass is 32.1. The van der Waals surface area contributed by atoms with Gasteiger partial charge in [0.2, 0.25) is 0 Å². The standard InChI is InChI=1S/C14H16FNS/c1-9-6-7-17-14(9)13(16-3)11-4-5-12(15)10(2)8-11/h4-8,13,16H,1-3H3. The predicted molar refractivity (Wildman–Crippen MR) is 71.1 cm³/mol. The molecule has 0 aliphatic heterocycles. The topological polar surface area (TPSA) is 12.0 Å². The molecular weight excluding hydrogens is 233 g/mol. The van der Waals surface area contributed by atoms with E-state index in [4.69, 9.17) is 0 Å². The second-order valence-electron chi connectivity index (χ2n) is 4.20. The Balaban J connectivity index is 2.42. The van der Waals surface area contributed by atoms with E-state index in [1.165, 1.54) is 16.5 Å². The van der Waals surface area contributed by atoms with Crippen LogP contribution < -0.4 is 5.32 Å². The maximum absolute atomic E-state index is 13.3. The molecule has 2 rings (SSSR count). The molecule has 1 heterocycles. The molecule has 1 atom stereocenters. The summed E-state index contributed by atoms with van der Waals surface area (Å²) in [6.45, 7) is 3.90. The van der Waals surface area contributed by atoms with Gasteiger partial charge < -0.3 is 5.32 Å². The lowest BCUT2D eigenvalue weighted by molar-refractivity contribution is 0.614. The van der Waals surface area contributed by atoms with Gasteiger partial charge in [-0.2, -0.15) is 0 Å². The minimum Gasteiger partial charge on any atom is -0.309 e. The van der Waals surface area contributed by atoms with Gasteiger partial charge in [-0.25, -0.2) is 4.39 Å². The smallest absolute Gasteiger partial charge is 0.126 e. The Kier molecular flexibility index (Phi) is 3.60. The molecule has 0 amide bonds. The van der Waals surface area contributed by atoms with Gasteiger partial charge in [-0.05, 0) is 55.1 Å². The molecule has 0 radical (unpaired) electrons. The number of rotatable bonds is 3. The van der Waals surface area contributed by atoms with Crippen LogP contribution in [-0.2, 0) is 0 Å². The summed E-state index contributed by atoms with van der Waals surface area (Å²) in [5, 5.41) is 5.38. The number of thiophene rings is 1. The zero-order chi connectivity index (χ0) is 12.4. The largest absolute Gasteiger partial charge is 0.309 e. The van der Waals surface area contributed by atoms with Crippen LogP contribution in [0.25, 0.3) is 0 Å². The monoisotopic (exact) mass is 249 g/mol. The molecule has 0 spiro atoms. The molecule has 0 aliphatic carbocycles. The van der Waals surface area contributed by atoms with Crippen LogP contribution in [0.5, 0.6) is 0 Å². The Bertz CT molecular complexity index is 519. The lowest BCUT2D eigenvalue weighted by Gasteiger charge is -2.17. The fraction of sp³-hybridized carbons (Fsp3) is 0.286. The van der Waals surface area contributed by atoms with Crippen LogP contribution in [0.2, 0.25) is 0 Å². The van der Waals surface area contributed by atoms with E-state index >= 15 is 0 Å². The number of hydrogen-bond donors (Lipinski definition) is 1. The molecule has 1 aromatic heterocycles. The Hall–Kier alpha value is -1.19. The van der Waals surface area contributed by atoms with Crippen molar-refractivity contribution < 1.29 is 4.39 Å². The lowest BCUT2D eigenvalue weighted by Crippen LogP contribution is -2.17.